The number of nitrogens with one attached hydrogen (secondary N) is 3. The molecule has 1 aliphatic heterocycles. The molecule has 0 aromatic heterocycles. The van der Waals surface area contributed by atoms with E-state index in [1.807, 2.05) is 6.92 Å². The first kappa shape index (κ1) is 9.44. The van der Waals surface area contributed by atoms with E-state index >= 15 is 0 Å². The van der Waals surface area contributed by atoms with Crippen molar-refractivity contribution in [3.63, 3.8) is 0 Å². The van der Waals surface area contributed by atoms with E-state index in [1.54, 1.807) is 12.1 Å². The second kappa shape index (κ2) is 4.39. The molecule has 1 atom stereocenters. The van der Waals surface area contributed by atoms with Gasteiger partial charge in [0.25, 0.3) is 5.91 Å². The van der Waals surface area contributed by atoms with Gasteiger partial charge in [0.1, 0.15) is 0 Å². The lowest BCUT2D eigenvalue weighted by atomic mass is 10.3. The lowest BCUT2D eigenvalue weighted by Crippen LogP contribution is -2.58. The number of amides is 1. The topological polar surface area (TPSA) is 56.4 Å². The molecular weight excluding hydrogens is 156 g/mol. The van der Waals surface area contributed by atoms with Gasteiger partial charge in [0.2, 0.25) is 0 Å². The fourth-order valence-electron chi connectivity index (χ4n) is 1.04. The van der Waals surface area contributed by atoms with Crippen molar-refractivity contribution in [3.05, 3.63) is 0 Å². The van der Waals surface area contributed by atoms with Crippen molar-refractivity contribution in [2.75, 3.05) is 26.8 Å². The molecule has 0 spiro atoms. The molecule has 3 N–H and O–H groups in total. The van der Waals surface area contributed by atoms with E-state index in [2.05, 4.69) is 16.1 Å². The molecule has 5 nitrogen and oxygen atoms in total. The van der Waals surface area contributed by atoms with E-state index in [-0.39, 0.29) is 11.9 Å². The third-order valence-corrected chi connectivity index (χ3v) is 1.94. The first-order valence-corrected chi connectivity index (χ1v) is 4.18. The predicted molar refractivity (Wildman–Crippen MR) is 46.2 cm³/mol. The van der Waals surface area contributed by atoms with Crippen molar-refractivity contribution >= 4 is 5.91 Å². The molecule has 0 aromatic carbocycles. The maximum absolute atomic E-state index is 11.5. The third-order valence-electron chi connectivity index (χ3n) is 1.94. The lowest BCUT2D eigenvalue weighted by Gasteiger charge is -2.30. The first-order chi connectivity index (χ1) is 5.75. The van der Waals surface area contributed by atoms with Crippen LogP contribution in [0, 0.1) is 0 Å². The minimum atomic E-state index is -0.127. The Kier molecular flexibility index (Phi) is 3.46. The van der Waals surface area contributed by atoms with Crippen molar-refractivity contribution in [2.24, 2.45) is 0 Å². The van der Waals surface area contributed by atoms with Crippen LogP contribution in [0.4, 0.5) is 0 Å². The molecule has 0 aromatic rings. The second-order valence-electron chi connectivity index (χ2n) is 2.84. The molecule has 1 amide bonds. The summed E-state index contributed by atoms with van der Waals surface area (Å²) in [5, 5.41) is 7.61. The van der Waals surface area contributed by atoms with Gasteiger partial charge in [0.05, 0.1) is 12.7 Å². The number of carbonyl (C=O) groups excluding carboxylic acids is 1. The number of hydrazine groups is 1. The zero-order valence-electron chi connectivity index (χ0n) is 7.55. The Bertz CT molecular complexity index is 155. The van der Waals surface area contributed by atoms with Crippen molar-refractivity contribution < 1.29 is 4.79 Å². The molecule has 1 fully saturated rings. The van der Waals surface area contributed by atoms with Gasteiger partial charge in [-0.3, -0.25) is 15.1 Å². The molecule has 0 aliphatic carbocycles. The van der Waals surface area contributed by atoms with E-state index in [1.165, 1.54) is 0 Å². The predicted octanol–water partition coefficient (Wildman–Crippen LogP) is -1.51. The molecule has 5 heteroatoms. The van der Waals surface area contributed by atoms with E-state index < -0.39 is 0 Å². The van der Waals surface area contributed by atoms with E-state index in [9.17, 15) is 4.79 Å². The molecule has 12 heavy (non-hydrogen) atoms. The van der Waals surface area contributed by atoms with Crippen LogP contribution in [0.5, 0.6) is 0 Å². The van der Waals surface area contributed by atoms with Gasteiger partial charge >= 0.3 is 0 Å². The number of nitrogens with zero attached hydrogens (tertiary/aromatic N) is 1. The summed E-state index contributed by atoms with van der Waals surface area (Å²) in [5.41, 5.74) is 3.02. The number of carbonyl (C=O) groups is 1. The highest BCUT2D eigenvalue weighted by Crippen LogP contribution is 1.91. The molecular formula is C7H16N4O. The monoisotopic (exact) mass is 172 g/mol. The summed E-state index contributed by atoms with van der Waals surface area (Å²) in [4.78, 5) is 11.5. The molecule has 1 saturated heterocycles. The highest BCUT2D eigenvalue weighted by atomic mass is 16.2. The standard InChI is InChI=1S/C7H16N4O/c1-6(8-2)7(12)11-5-9-3-4-10-11/h6,8-10H,3-5H2,1-2H3/t6-/m0/s1. The van der Waals surface area contributed by atoms with Gasteiger partial charge in [-0.15, -0.1) is 0 Å². The van der Waals surface area contributed by atoms with Gasteiger partial charge in [-0.1, -0.05) is 0 Å². The molecule has 70 valence electrons. The fourth-order valence-corrected chi connectivity index (χ4v) is 1.04. The number of rotatable bonds is 2. The molecule has 0 unspecified atom stereocenters. The molecule has 1 rings (SSSR count). The summed E-state index contributed by atoms with van der Waals surface area (Å²) < 4.78 is 0. The maximum Gasteiger partial charge on any atom is 0.254 e. The number of likely N-dealkylation sites (N-methyl/N-ethyl adjacent to an activating group) is 1. The lowest BCUT2D eigenvalue weighted by molar-refractivity contribution is -0.137. The number of hydrogen-bond acceptors (Lipinski definition) is 4. The average molecular weight is 172 g/mol. The van der Waals surface area contributed by atoms with E-state index in [4.69, 9.17) is 0 Å². The summed E-state index contributed by atoms with van der Waals surface area (Å²) in [6.07, 6.45) is 0. The van der Waals surface area contributed by atoms with Gasteiger partial charge in [0, 0.05) is 13.1 Å². The fraction of sp³-hybridized carbons (Fsp3) is 0.857. The largest absolute Gasteiger partial charge is 0.309 e. The zero-order chi connectivity index (χ0) is 8.97. The minimum Gasteiger partial charge on any atom is -0.309 e. The summed E-state index contributed by atoms with van der Waals surface area (Å²) in [7, 11) is 1.78. The Hall–Kier alpha value is -0.650. The van der Waals surface area contributed by atoms with Crippen molar-refractivity contribution in [3.8, 4) is 0 Å². The summed E-state index contributed by atoms with van der Waals surface area (Å²) in [6.45, 7) is 4.16. The zero-order valence-corrected chi connectivity index (χ0v) is 7.55. The van der Waals surface area contributed by atoms with Crippen LogP contribution in [0.3, 0.4) is 0 Å². The van der Waals surface area contributed by atoms with Crippen molar-refractivity contribution in [2.45, 2.75) is 13.0 Å². The first-order valence-electron chi connectivity index (χ1n) is 4.18. The highest BCUT2D eigenvalue weighted by Gasteiger charge is 2.19. The summed E-state index contributed by atoms with van der Waals surface area (Å²) in [6, 6.07) is -0.127. The third kappa shape index (κ3) is 2.17. The highest BCUT2D eigenvalue weighted by molar-refractivity contribution is 5.81. The average Bonchev–Trinajstić information content (AvgIpc) is 2.17. The molecule has 0 saturated carbocycles. The SMILES string of the molecule is CN[C@@H](C)C(=O)N1CNCCN1. The van der Waals surface area contributed by atoms with Crippen molar-refractivity contribution in [1.29, 1.82) is 0 Å². The summed E-state index contributed by atoms with van der Waals surface area (Å²) in [5.74, 6) is 0.0738. The van der Waals surface area contributed by atoms with Crippen LogP contribution in [0.25, 0.3) is 0 Å². The summed E-state index contributed by atoms with van der Waals surface area (Å²) >= 11 is 0. The normalized spacial score (nSPS) is 20.7. The van der Waals surface area contributed by atoms with Crippen LogP contribution in [-0.4, -0.2) is 43.8 Å². The Balaban J connectivity index is 2.39. The van der Waals surface area contributed by atoms with Gasteiger partial charge in [-0.25, -0.2) is 5.43 Å². The van der Waals surface area contributed by atoms with Gasteiger partial charge in [-0.05, 0) is 14.0 Å². The molecule has 1 aliphatic rings. The van der Waals surface area contributed by atoms with Crippen LogP contribution in [0.1, 0.15) is 6.92 Å². The number of hydrogen-bond donors (Lipinski definition) is 3. The van der Waals surface area contributed by atoms with Crippen LogP contribution in [0.15, 0.2) is 0 Å². The second-order valence-corrected chi connectivity index (χ2v) is 2.84. The Labute approximate surface area is 72.5 Å². The minimum absolute atomic E-state index is 0.0738. The molecule has 1 heterocycles. The van der Waals surface area contributed by atoms with Crippen LogP contribution < -0.4 is 16.1 Å². The Morgan fingerprint density at radius 1 is 1.58 bits per heavy atom. The van der Waals surface area contributed by atoms with Crippen LogP contribution >= 0.6 is 0 Å². The smallest absolute Gasteiger partial charge is 0.254 e. The molecule has 0 radical (unpaired) electrons. The van der Waals surface area contributed by atoms with Crippen LogP contribution in [0.2, 0.25) is 0 Å². The van der Waals surface area contributed by atoms with Gasteiger partial charge < -0.3 is 5.32 Å². The Morgan fingerprint density at radius 2 is 2.33 bits per heavy atom. The van der Waals surface area contributed by atoms with Gasteiger partial charge in [-0.2, -0.15) is 0 Å². The van der Waals surface area contributed by atoms with E-state index in [0.717, 1.165) is 13.1 Å². The van der Waals surface area contributed by atoms with E-state index in [0.29, 0.717) is 6.67 Å². The quantitative estimate of drug-likeness (QED) is 0.474. The van der Waals surface area contributed by atoms with Crippen LogP contribution in [-0.2, 0) is 4.79 Å². The van der Waals surface area contributed by atoms with Crippen molar-refractivity contribution in [1.82, 2.24) is 21.1 Å². The Morgan fingerprint density at radius 3 is 2.83 bits per heavy atom. The molecule has 0 bridgehead atoms. The maximum atomic E-state index is 11.5. The van der Waals surface area contributed by atoms with Gasteiger partial charge in [0.15, 0.2) is 0 Å².